The van der Waals surface area contributed by atoms with E-state index in [4.69, 9.17) is 40.5 Å². The summed E-state index contributed by atoms with van der Waals surface area (Å²) in [6.07, 6.45) is 2.44. The Morgan fingerprint density at radius 1 is 0.750 bits per heavy atom. The van der Waals surface area contributed by atoms with Crippen molar-refractivity contribution in [2.75, 3.05) is 46.3 Å². The van der Waals surface area contributed by atoms with Crippen molar-refractivity contribution in [1.82, 2.24) is 23.9 Å². The van der Waals surface area contributed by atoms with E-state index in [9.17, 15) is 31.5 Å². The second-order valence-corrected chi connectivity index (χ2v) is 15.1. The number of rotatable bonds is 8. The summed E-state index contributed by atoms with van der Waals surface area (Å²) in [5.74, 6) is -1.48. The van der Waals surface area contributed by atoms with E-state index in [-0.39, 0.29) is 48.6 Å². The van der Waals surface area contributed by atoms with Gasteiger partial charge in [-0.2, -0.15) is 0 Å². The number of carbonyl (C=O) groups is 2. The number of pyridine rings is 2. The van der Waals surface area contributed by atoms with Crippen LogP contribution in [0.15, 0.2) is 82.8 Å². The van der Waals surface area contributed by atoms with Crippen LogP contribution >= 0.6 is 34.8 Å². The van der Waals surface area contributed by atoms with Crippen molar-refractivity contribution in [2.45, 2.75) is 9.79 Å². The fourth-order valence-electron chi connectivity index (χ4n) is 3.46. The second kappa shape index (κ2) is 17.4. The number of aromatic carboxylic acids is 1. The van der Waals surface area contributed by atoms with Gasteiger partial charge in [0.15, 0.2) is 0 Å². The topological polar surface area (TPSA) is 205 Å². The Kier molecular flexibility index (Phi) is 14.5. The molecule has 1 amide bonds. The van der Waals surface area contributed by atoms with E-state index in [0.717, 1.165) is 14.8 Å². The molecule has 2 aromatic carbocycles. The highest BCUT2D eigenvalue weighted by atomic mass is 35.5. The fraction of sp³-hybridized carbons (Fsp3) is 0.172. The molecule has 0 fully saturated rings. The molecule has 14 nitrogen and oxygen atoms in total. The van der Waals surface area contributed by atoms with E-state index < -0.39 is 26.0 Å². The first kappa shape index (κ1) is 40.1. The van der Waals surface area contributed by atoms with Crippen molar-refractivity contribution in [3.8, 4) is 0 Å². The summed E-state index contributed by atoms with van der Waals surface area (Å²) in [5.41, 5.74) is 6.41. The number of halogens is 3. The number of aromatic nitrogens is 2. The molecule has 2 heterocycles. The highest BCUT2D eigenvalue weighted by Gasteiger charge is 2.22. The van der Waals surface area contributed by atoms with Crippen LogP contribution in [-0.2, 0) is 20.0 Å². The van der Waals surface area contributed by atoms with Crippen LogP contribution in [0.5, 0.6) is 0 Å². The van der Waals surface area contributed by atoms with E-state index in [1.165, 1.54) is 71.8 Å². The monoisotopic (exact) mass is 759 g/mol. The average molecular weight is 761 g/mol. The minimum absolute atomic E-state index is 0.0225. The number of amides is 1. The number of nitrogens with two attached hydrogens (primary N) is 1. The molecule has 0 unspecified atom stereocenters. The molecule has 5 N–H and O–H groups in total. The summed E-state index contributed by atoms with van der Waals surface area (Å²) in [7, 11) is 0.203. The Morgan fingerprint density at radius 3 is 1.73 bits per heavy atom. The number of anilines is 3. The standard InChI is InChI=1S/C14H14ClN3O4S.C8H12N2O2S.C7H6Cl2N2O/c1-18(2)23(21,22)12-6-4-3-5-10(12)17-11-7-13(15)16-8-9(11)14(19)20;1-10(2)13(11,12)8-6-4-3-5-7(8)9;1-10-7(12)4-3-11-6(9)2-5(4)8/h3-8H,1-2H3,(H,16,17)(H,19,20);3-6H,9H2,1-2H3;2-3H,1H3,(H,10,12). The zero-order chi connectivity index (χ0) is 36.4. The van der Waals surface area contributed by atoms with Crippen LogP contribution < -0.4 is 16.4 Å². The van der Waals surface area contributed by atoms with Gasteiger partial charge in [0.05, 0.1) is 27.6 Å². The van der Waals surface area contributed by atoms with Gasteiger partial charge in [-0.05, 0) is 36.4 Å². The Bertz CT molecular complexity index is 2000. The van der Waals surface area contributed by atoms with Gasteiger partial charge in [-0.1, -0.05) is 59.1 Å². The van der Waals surface area contributed by atoms with Gasteiger partial charge in [0, 0.05) is 47.6 Å². The van der Waals surface area contributed by atoms with Gasteiger partial charge < -0.3 is 21.5 Å². The SMILES string of the molecule is CN(C)S(=O)(=O)c1ccccc1N.CN(C)S(=O)(=O)c1ccccc1Nc1cc(Cl)ncc1C(=O)O.CNC(=O)c1cnc(Cl)cc1Cl. The average Bonchev–Trinajstić information content (AvgIpc) is 3.01. The van der Waals surface area contributed by atoms with Crippen molar-refractivity contribution in [2.24, 2.45) is 0 Å². The zero-order valence-electron chi connectivity index (χ0n) is 26.1. The molecule has 0 bridgehead atoms. The Hall–Kier alpha value is -4.03. The minimum atomic E-state index is -3.70. The lowest BCUT2D eigenvalue weighted by Gasteiger charge is -2.17. The lowest BCUT2D eigenvalue weighted by atomic mass is 10.2. The third-order valence-electron chi connectivity index (χ3n) is 5.99. The number of sulfonamides is 2. The lowest BCUT2D eigenvalue weighted by molar-refractivity contribution is 0.0697. The van der Waals surface area contributed by atoms with Gasteiger partial charge in [0.25, 0.3) is 5.91 Å². The number of hydrogen-bond acceptors (Lipinski definition) is 10. The number of para-hydroxylation sites is 2. The van der Waals surface area contributed by atoms with Crippen molar-refractivity contribution < 1.29 is 31.5 Å². The Labute approximate surface area is 293 Å². The van der Waals surface area contributed by atoms with Crippen LogP contribution in [0.3, 0.4) is 0 Å². The van der Waals surface area contributed by atoms with Gasteiger partial charge in [0.1, 0.15) is 25.7 Å². The third kappa shape index (κ3) is 10.5. The molecule has 0 atom stereocenters. The fourth-order valence-corrected chi connectivity index (χ4v) is 6.12. The van der Waals surface area contributed by atoms with Gasteiger partial charge in [-0.25, -0.2) is 40.2 Å². The molecule has 0 aliphatic carbocycles. The molecular weight excluding hydrogens is 729 g/mol. The van der Waals surface area contributed by atoms with E-state index in [2.05, 4.69) is 20.6 Å². The first-order valence-electron chi connectivity index (χ1n) is 13.3. The molecule has 0 saturated heterocycles. The second-order valence-electron chi connectivity index (χ2n) is 9.66. The van der Waals surface area contributed by atoms with Crippen molar-refractivity contribution in [3.63, 3.8) is 0 Å². The van der Waals surface area contributed by atoms with Crippen molar-refractivity contribution in [1.29, 1.82) is 0 Å². The van der Waals surface area contributed by atoms with Gasteiger partial charge >= 0.3 is 5.97 Å². The predicted molar refractivity (Wildman–Crippen MR) is 186 cm³/mol. The maximum atomic E-state index is 12.4. The summed E-state index contributed by atoms with van der Waals surface area (Å²) in [5, 5.41) is 15.1. The van der Waals surface area contributed by atoms with Crippen molar-refractivity contribution >= 4 is 83.8 Å². The van der Waals surface area contributed by atoms with Crippen LogP contribution in [0.25, 0.3) is 0 Å². The van der Waals surface area contributed by atoms with Gasteiger partial charge in [-0.3, -0.25) is 4.79 Å². The summed E-state index contributed by atoms with van der Waals surface area (Å²) in [6, 6.07) is 15.3. The first-order valence-corrected chi connectivity index (χ1v) is 17.3. The number of nitrogens with zero attached hydrogens (tertiary/aromatic N) is 4. The van der Waals surface area contributed by atoms with Crippen molar-refractivity contribution in [3.05, 3.63) is 99.5 Å². The molecule has 19 heteroatoms. The van der Waals surface area contributed by atoms with E-state index in [0.29, 0.717) is 10.6 Å². The highest BCUT2D eigenvalue weighted by Crippen LogP contribution is 2.29. The number of nitrogen functional groups attached to an aromatic ring is 1. The highest BCUT2D eigenvalue weighted by molar-refractivity contribution is 7.89. The van der Waals surface area contributed by atoms with Crippen LogP contribution in [-0.4, -0.2) is 87.6 Å². The lowest BCUT2D eigenvalue weighted by Crippen LogP contribution is -2.23. The summed E-state index contributed by atoms with van der Waals surface area (Å²) in [4.78, 5) is 30.0. The Morgan fingerprint density at radius 2 is 1.23 bits per heavy atom. The molecule has 0 saturated carbocycles. The maximum absolute atomic E-state index is 12.4. The first-order chi connectivity index (χ1) is 22.3. The molecule has 0 aliphatic heterocycles. The van der Waals surface area contributed by atoms with Crippen LogP contribution in [0.2, 0.25) is 15.3 Å². The molecular formula is C29H32Cl3N7O7S2. The Balaban J connectivity index is 0.000000272. The molecule has 0 spiro atoms. The molecule has 4 rings (SSSR count). The largest absolute Gasteiger partial charge is 0.478 e. The molecule has 2 aromatic heterocycles. The van der Waals surface area contributed by atoms with Crippen LogP contribution in [0.1, 0.15) is 20.7 Å². The number of hydrogen-bond donors (Lipinski definition) is 4. The summed E-state index contributed by atoms with van der Waals surface area (Å²) >= 11 is 17.1. The zero-order valence-corrected chi connectivity index (χ0v) is 30.0. The third-order valence-corrected chi connectivity index (χ3v) is 10.5. The molecule has 48 heavy (non-hydrogen) atoms. The molecule has 0 aliphatic rings. The van der Waals surface area contributed by atoms with E-state index >= 15 is 0 Å². The quantitative estimate of drug-likeness (QED) is 0.143. The maximum Gasteiger partial charge on any atom is 0.339 e. The number of nitrogens with one attached hydrogen (secondary N) is 2. The number of carboxylic acids is 1. The van der Waals surface area contributed by atoms with Gasteiger partial charge in [0.2, 0.25) is 20.0 Å². The van der Waals surface area contributed by atoms with E-state index in [1.807, 2.05) is 0 Å². The van der Waals surface area contributed by atoms with Crippen LogP contribution in [0, 0.1) is 0 Å². The van der Waals surface area contributed by atoms with Gasteiger partial charge in [-0.15, -0.1) is 0 Å². The summed E-state index contributed by atoms with van der Waals surface area (Å²) < 4.78 is 50.1. The van der Waals surface area contributed by atoms with E-state index in [1.54, 1.807) is 30.3 Å². The molecule has 4 aromatic rings. The predicted octanol–water partition coefficient (Wildman–Crippen LogP) is 4.69. The smallest absolute Gasteiger partial charge is 0.339 e. The number of carbonyl (C=O) groups excluding carboxylic acids is 1. The molecule has 258 valence electrons. The number of benzene rings is 2. The summed E-state index contributed by atoms with van der Waals surface area (Å²) in [6.45, 7) is 0. The number of carboxylic acid groups (broad SMARTS) is 1. The normalized spacial score (nSPS) is 11.1. The minimum Gasteiger partial charge on any atom is -0.478 e. The molecule has 0 radical (unpaired) electrons. The van der Waals surface area contributed by atoms with Crippen LogP contribution in [0.4, 0.5) is 17.1 Å².